The Balaban J connectivity index is 1.89. The van der Waals surface area contributed by atoms with Crippen molar-refractivity contribution in [3.8, 4) is 29.0 Å². The third-order valence-electron chi connectivity index (χ3n) is 5.77. The number of rotatable bonds is 5. The molecule has 0 aliphatic rings. The van der Waals surface area contributed by atoms with E-state index in [-0.39, 0.29) is 18.1 Å². The van der Waals surface area contributed by atoms with Gasteiger partial charge in [0.25, 0.3) is 5.56 Å². The molecule has 4 aromatic rings. The lowest BCUT2D eigenvalue weighted by Crippen LogP contribution is -2.29. The summed E-state index contributed by atoms with van der Waals surface area (Å²) < 4.78 is 48.4. The van der Waals surface area contributed by atoms with Crippen molar-refractivity contribution >= 4 is 0 Å². The highest BCUT2D eigenvalue weighted by atomic mass is 19.4. The lowest BCUT2D eigenvalue weighted by Gasteiger charge is -2.19. The zero-order valence-electron chi connectivity index (χ0n) is 19.7. The predicted molar refractivity (Wildman–Crippen MR) is 128 cm³/mol. The topological polar surface area (TPSA) is 80.8 Å². The molecule has 0 atom stereocenters. The number of halogens is 3. The Morgan fingerprint density at radius 2 is 1.81 bits per heavy atom. The number of hydrogen-bond acceptors (Lipinski definition) is 5. The fourth-order valence-electron chi connectivity index (χ4n) is 3.94. The first-order valence-corrected chi connectivity index (χ1v) is 10.9. The minimum atomic E-state index is -4.87. The van der Waals surface area contributed by atoms with Gasteiger partial charge in [-0.05, 0) is 67.3 Å². The van der Waals surface area contributed by atoms with Crippen molar-refractivity contribution in [2.45, 2.75) is 33.5 Å². The van der Waals surface area contributed by atoms with Crippen LogP contribution in [0.3, 0.4) is 0 Å². The maximum absolute atomic E-state index is 13.8. The molecule has 4 rings (SSSR count). The largest absolute Gasteiger partial charge is 0.437 e. The Morgan fingerprint density at radius 3 is 2.42 bits per heavy atom. The van der Waals surface area contributed by atoms with E-state index in [0.717, 1.165) is 22.8 Å². The highest BCUT2D eigenvalue weighted by molar-refractivity contribution is 5.65. The molecule has 182 valence electrons. The molecule has 0 N–H and O–H groups in total. The lowest BCUT2D eigenvalue weighted by atomic mass is 10.0. The van der Waals surface area contributed by atoms with Gasteiger partial charge in [0.15, 0.2) is 0 Å². The maximum Gasteiger partial charge on any atom is 0.417 e. The summed E-state index contributed by atoms with van der Waals surface area (Å²) >= 11 is 0. The second-order valence-corrected chi connectivity index (χ2v) is 8.38. The number of ether oxygens (including phenoxy) is 1. The molecule has 2 aromatic heterocycles. The van der Waals surface area contributed by atoms with E-state index in [1.807, 2.05) is 32.0 Å². The second-order valence-electron chi connectivity index (χ2n) is 8.38. The number of aromatic nitrogens is 3. The van der Waals surface area contributed by atoms with Crippen molar-refractivity contribution in [2.75, 3.05) is 0 Å². The smallest absolute Gasteiger partial charge is 0.417 e. The van der Waals surface area contributed by atoms with E-state index in [4.69, 9.17) is 4.74 Å². The van der Waals surface area contributed by atoms with Gasteiger partial charge in [0.2, 0.25) is 5.88 Å². The first-order valence-electron chi connectivity index (χ1n) is 10.9. The van der Waals surface area contributed by atoms with E-state index < -0.39 is 22.9 Å². The van der Waals surface area contributed by atoms with Gasteiger partial charge in [0.05, 0.1) is 24.0 Å². The molecule has 0 saturated heterocycles. The van der Waals surface area contributed by atoms with Gasteiger partial charge in [-0.2, -0.15) is 18.4 Å². The number of alkyl halides is 3. The number of aryl methyl sites for hydroxylation is 3. The number of pyridine rings is 1. The predicted octanol–water partition coefficient (Wildman–Crippen LogP) is 5.96. The van der Waals surface area contributed by atoms with Crippen LogP contribution < -0.4 is 10.3 Å². The van der Waals surface area contributed by atoms with Gasteiger partial charge < -0.3 is 9.30 Å². The Kier molecular flexibility index (Phi) is 6.62. The van der Waals surface area contributed by atoms with Crippen LogP contribution in [0.1, 0.15) is 33.4 Å². The quantitative estimate of drug-likeness (QED) is 0.345. The molecule has 2 aromatic carbocycles. The van der Waals surface area contributed by atoms with E-state index >= 15 is 0 Å². The van der Waals surface area contributed by atoms with Gasteiger partial charge in [0, 0.05) is 12.4 Å². The summed E-state index contributed by atoms with van der Waals surface area (Å²) in [4.78, 5) is 21.2. The molecule has 0 amide bonds. The highest BCUT2D eigenvalue weighted by Crippen LogP contribution is 2.35. The highest BCUT2D eigenvalue weighted by Gasteiger charge is 2.36. The van der Waals surface area contributed by atoms with Gasteiger partial charge in [-0.15, -0.1) is 0 Å². The molecule has 0 radical (unpaired) electrons. The van der Waals surface area contributed by atoms with E-state index in [9.17, 15) is 23.2 Å². The Hall–Kier alpha value is -4.45. The normalized spacial score (nSPS) is 11.2. The summed E-state index contributed by atoms with van der Waals surface area (Å²) in [5.74, 6) is 0.699. The third kappa shape index (κ3) is 4.98. The van der Waals surface area contributed by atoms with E-state index in [2.05, 4.69) is 9.97 Å². The fraction of sp³-hybridized carbons (Fsp3) is 0.185. The standard InChI is InChI=1S/C27H21F3N4O2/c1-16-4-5-20(17(2)10-16)15-34-23(12-22(27(28,29)30)21(13-31)26(34)35)19-6-7-24(18(3)11-19)36-25-14-32-8-9-33-25/h4-12,14H,15H2,1-3H3. The van der Waals surface area contributed by atoms with Crippen LogP contribution in [0.2, 0.25) is 0 Å². The van der Waals surface area contributed by atoms with Gasteiger partial charge in [-0.25, -0.2) is 4.98 Å². The molecule has 0 aliphatic heterocycles. The molecule has 0 aliphatic carbocycles. The molecule has 2 heterocycles. The molecule has 0 saturated carbocycles. The Labute approximate surface area is 205 Å². The van der Waals surface area contributed by atoms with Crippen molar-refractivity contribution < 1.29 is 17.9 Å². The van der Waals surface area contributed by atoms with Crippen LogP contribution in [-0.2, 0) is 12.7 Å². The van der Waals surface area contributed by atoms with Crippen LogP contribution in [0.25, 0.3) is 11.3 Å². The maximum atomic E-state index is 13.8. The second kappa shape index (κ2) is 9.66. The van der Waals surface area contributed by atoms with Crippen LogP contribution in [0.4, 0.5) is 13.2 Å². The van der Waals surface area contributed by atoms with E-state index in [1.165, 1.54) is 29.2 Å². The molecule has 0 spiro atoms. The van der Waals surface area contributed by atoms with Gasteiger partial charge >= 0.3 is 6.18 Å². The SMILES string of the molecule is Cc1ccc(Cn2c(-c3ccc(Oc4cnccn4)c(C)c3)cc(C(F)(F)F)c(C#N)c2=O)c(C)c1. The third-order valence-corrected chi connectivity index (χ3v) is 5.77. The monoisotopic (exact) mass is 490 g/mol. The number of hydrogen-bond donors (Lipinski definition) is 0. The number of nitrogens with zero attached hydrogens (tertiary/aromatic N) is 4. The van der Waals surface area contributed by atoms with E-state index in [1.54, 1.807) is 25.1 Å². The van der Waals surface area contributed by atoms with Gasteiger partial charge in [0.1, 0.15) is 17.4 Å². The van der Waals surface area contributed by atoms with Crippen LogP contribution >= 0.6 is 0 Å². The first kappa shape index (κ1) is 24.7. The number of nitriles is 1. The van der Waals surface area contributed by atoms with Crippen molar-refractivity contribution in [3.63, 3.8) is 0 Å². The summed E-state index contributed by atoms with van der Waals surface area (Å²) in [5, 5.41) is 9.44. The van der Waals surface area contributed by atoms with Gasteiger partial charge in [-0.3, -0.25) is 9.78 Å². The van der Waals surface area contributed by atoms with Crippen molar-refractivity contribution in [2.24, 2.45) is 0 Å². The van der Waals surface area contributed by atoms with Crippen molar-refractivity contribution in [1.82, 2.24) is 14.5 Å². The minimum absolute atomic E-state index is 0.00397. The molecule has 0 fully saturated rings. The van der Waals surface area contributed by atoms with Crippen LogP contribution in [0.5, 0.6) is 11.6 Å². The average molecular weight is 490 g/mol. The average Bonchev–Trinajstić information content (AvgIpc) is 2.83. The molecule has 9 heteroatoms. The summed E-state index contributed by atoms with van der Waals surface area (Å²) in [6.45, 7) is 5.53. The molecule has 6 nitrogen and oxygen atoms in total. The zero-order valence-corrected chi connectivity index (χ0v) is 19.7. The van der Waals surface area contributed by atoms with Crippen LogP contribution in [0.15, 0.2) is 65.8 Å². The number of benzene rings is 2. The summed E-state index contributed by atoms with van der Waals surface area (Å²) in [5.41, 5.74) is 0.484. The van der Waals surface area contributed by atoms with Crippen LogP contribution in [0, 0.1) is 32.1 Å². The molecule has 0 bridgehead atoms. The zero-order chi connectivity index (χ0) is 26.0. The van der Waals surface area contributed by atoms with Crippen LogP contribution in [-0.4, -0.2) is 14.5 Å². The van der Waals surface area contributed by atoms with Gasteiger partial charge in [-0.1, -0.05) is 23.8 Å². The molecular weight excluding hydrogens is 469 g/mol. The molecule has 0 unspecified atom stereocenters. The van der Waals surface area contributed by atoms with Crippen molar-refractivity contribution in [1.29, 1.82) is 5.26 Å². The summed E-state index contributed by atoms with van der Waals surface area (Å²) in [7, 11) is 0. The lowest BCUT2D eigenvalue weighted by molar-refractivity contribution is -0.137. The molecular formula is C27H21F3N4O2. The minimum Gasteiger partial charge on any atom is -0.437 e. The summed E-state index contributed by atoms with van der Waals surface area (Å²) in [6, 6.07) is 12.7. The fourth-order valence-corrected chi connectivity index (χ4v) is 3.94. The van der Waals surface area contributed by atoms with E-state index in [0.29, 0.717) is 16.9 Å². The van der Waals surface area contributed by atoms with Crippen molar-refractivity contribution in [3.05, 3.63) is 105 Å². The molecule has 36 heavy (non-hydrogen) atoms. The first-order chi connectivity index (χ1) is 17.1. The Morgan fingerprint density at radius 1 is 1.03 bits per heavy atom. The Bertz CT molecular complexity index is 1540. The summed E-state index contributed by atoms with van der Waals surface area (Å²) in [6.07, 6.45) is -0.464.